The molecular weight excluding hydrogens is 326 g/mol. The monoisotopic (exact) mass is 353 g/mol. The van der Waals surface area contributed by atoms with Gasteiger partial charge in [0, 0.05) is 0 Å². The summed E-state index contributed by atoms with van der Waals surface area (Å²) in [5.74, 6) is 1.29. The van der Waals surface area contributed by atoms with Gasteiger partial charge >= 0.3 is 0 Å². The van der Waals surface area contributed by atoms with Gasteiger partial charge in [-0.25, -0.2) is 0 Å². The number of amides is 1. The summed E-state index contributed by atoms with van der Waals surface area (Å²) in [5, 5.41) is 3.06. The fourth-order valence-electron chi connectivity index (χ4n) is 3.35. The van der Waals surface area contributed by atoms with Gasteiger partial charge in [0.25, 0.3) is 5.91 Å². The summed E-state index contributed by atoms with van der Waals surface area (Å²) in [7, 11) is 1.62. The van der Waals surface area contributed by atoms with E-state index in [-0.39, 0.29) is 11.9 Å². The summed E-state index contributed by atoms with van der Waals surface area (Å²) >= 11 is 0. The molecule has 1 aliphatic rings. The maximum Gasteiger partial charge on any atom is 0.261 e. The second kappa shape index (κ2) is 8.26. The predicted molar refractivity (Wildman–Crippen MR) is 103 cm³/mol. The highest BCUT2D eigenvalue weighted by molar-refractivity contribution is 5.81. The molecule has 0 radical (unpaired) electrons. The molecule has 0 aliphatic heterocycles. The maximum absolute atomic E-state index is 12.5. The molecule has 0 bridgehead atoms. The first kappa shape index (κ1) is 18.3. The average molecular weight is 353 g/mol. The highest BCUT2D eigenvalue weighted by atomic mass is 16.5. The van der Waals surface area contributed by atoms with Crippen molar-refractivity contribution in [1.82, 2.24) is 5.32 Å². The number of fused-ring (bicyclic) bond motifs is 1. The van der Waals surface area contributed by atoms with Crippen LogP contribution in [0.5, 0.6) is 11.5 Å². The topological polar surface area (TPSA) is 47.6 Å². The standard InChI is InChI=1S/C22H27NO3/c1-15(18-9-8-17-6-4-5-7-19(17)14-18)23-22(24)16(2)26-21-12-10-20(25-3)11-13-21/h8-16H,4-7H2,1-3H3,(H,23,24)/t15-,16-/m1/s1. The first-order valence-electron chi connectivity index (χ1n) is 9.29. The molecule has 2 aromatic rings. The molecule has 138 valence electrons. The molecule has 2 atom stereocenters. The second-order valence-electron chi connectivity index (χ2n) is 6.90. The van der Waals surface area contributed by atoms with Crippen LogP contribution >= 0.6 is 0 Å². The van der Waals surface area contributed by atoms with Gasteiger partial charge in [-0.05, 0) is 80.5 Å². The number of hydrogen-bond acceptors (Lipinski definition) is 3. The first-order valence-corrected chi connectivity index (χ1v) is 9.29. The molecule has 26 heavy (non-hydrogen) atoms. The van der Waals surface area contributed by atoms with Crippen LogP contribution in [0.4, 0.5) is 0 Å². The largest absolute Gasteiger partial charge is 0.497 e. The van der Waals surface area contributed by atoms with E-state index in [1.54, 1.807) is 26.2 Å². The van der Waals surface area contributed by atoms with Crippen LogP contribution in [0.15, 0.2) is 42.5 Å². The lowest BCUT2D eigenvalue weighted by molar-refractivity contribution is -0.127. The zero-order valence-electron chi connectivity index (χ0n) is 15.7. The van der Waals surface area contributed by atoms with Gasteiger partial charge in [-0.3, -0.25) is 4.79 Å². The fraction of sp³-hybridized carbons (Fsp3) is 0.409. The van der Waals surface area contributed by atoms with Crippen LogP contribution in [0, 0.1) is 0 Å². The van der Waals surface area contributed by atoms with Crippen LogP contribution < -0.4 is 14.8 Å². The maximum atomic E-state index is 12.5. The van der Waals surface area contributed by atoms with E-state index in [2.05, 4.69) is 23.5 Å². The van der Waals surface area contributed by atoms with E-state index in [1.807, 2.05) is 19.1 Å². The van der Waals surface area contributed by atoms with E-state index in [0.717, 1.165) is 17.7 Å². The van der Waals surface area contributed by atoms with Gasteiger partial charge in [0.2, 0.25) is 0 Å². The summed E-state index contributed by atoms with van der Waals surface area (Å²) in [6.45, 7) is 3.78. The number of carbonyl (C=O) groups is 1. The van der Waals surface area contributed by atoms with Crippen molar-refractivity contribution in [2.45, 2.75) is 51.7 Å². The summed E-state index contributed by atoms with van der Waals surface area (Å²) in [5.41, 5.74) is 4.03. The molecule has 4 heteroatoms. The lowest BCUT2D eigenvalue weighted by Crippen LogP contribution is -2.37. The Hall–Kier alpha value is -2.49. The van der Waals surface area contributed by atoms with Crippen molar-refractivity contribution in [2.24, 2.45) is 0 Å². The Morgan fingerprint density at radius 1 is 0.962 bits per heavy atom. The summed E-state index contributed by atoms with van der Waals surface area (Å²) < 4.78 is 10.9. The average Bonchev–Trinajstić information content (AvgIpc) is 2.68. The molecule has 4 nitrogen and oxygen atoms in total. The number of hydrogen-bond donors (Lipinski definition) is 1. The number of rotatable bonds is 6. The number of benzene rings is 2. The Bertz CT molecular complexity index is 754. The minimum absolute atomic E-state index is 0.0448. The lowest BCUT2D eigenvalue weighted by Gasteiger charge is -2.22. The Morgan fingerprint density at radius 3 is 2.31 bits per heavy atom. The van der Waals surface area contributed by atoms with E-state index < -0.39 is 6.10 Å². The van der Waals surface area contributed by atoms with Crippen LogP contribution in [0.3, 0.4) is 0 Å². The molecule has 0 saturated carbocycles. The summed E-state index contributed by atoms with van der Waals surface area (Å²) in [6.07, 6.45) is 4.27. The van der Waals surface area contributed by atoms with Gasteiger partial charge in [-0.15, -0.1) is 0 Å². The minimum Gasteiger partial charge on any atom is -0.497 e. The van der Waals surface area contributed by atoms with Crippen LogP contribution in [0.2, 0.25) is 0 Å². The number of carbonyl (C=O) groups excluding carboxylic acids is 1. The van der Waals surface area contributed by atoms with Crippen molar-refractivity contribution in [3.05, 3.63) is 59.2 Å². The molecule has 1 N–H and O–H groups in total. The normalized spacial score (nSPS) is 15.5. The zero-order chi connectivity index (χ0) is 18.5. The molecular formula is C22H27NO3. The fourth-order valence-corrected chi connectivity index (χ4v) is 3.35. The third-order valence-electron chi connectivity index (χ3n) is 4.97. The summed E-state index contributed by atoms with van der Waals surface area (Å²) in [6, 6.07) is 13.8. The van der Waals surface area contributed by atoms with Crippen LogP contribution in [0.25, 0.3) is 0 Å². The van der Waals surface area contributed by atoms with Gasteiger partial charge in [0.1, 0.15) is 11.5 Å². The Balaban J connectivity index is 1.59. The predicted octanol–water partition coefficient (Wildman–Crippen LogP) is 4.22. The minimum atomic E-state index is -0.566. The van der Waals surface area contributed by atoms with E-state index in [4.69, 9.17) is 9.47 Å². The molecule has 0 heterocycles. The molecule has 3 rings (SSSR count). The third kappa shape index (κ3) is 4.37. The van der Waals surface area contributed by atoms with Gasteiger partial charge in [-0.2, -0.15) is 0 Å². The van der Waals surface area contributed by atoms with Crippen molar-refractivity contribution in [1.29, 1.82) is 0 Å². The third-order valence-corrected chi connectivity index (χ3v) is 4.97. The van der Waals surface area contributed by atoms with Crippen LogP contribution in [-0.4, -0.2) is 19.1 Å². The van der Waals surface area contributed by atoms with E-state index in [1.165, 1.54) is 30.4 Å². The molecule has 2 aromatic carbocycles. The second-order valence-corrected chi connectivity index (χ2v) is 6.90. The van der Waals surface area contributed by atoms with E-state index >= 15 is 0 Å². The Morgan fingerprint density at radius 2 is 1.62 bits per heavy atom. The van der Waals surface area contributed by atoms with Gasteiger partial charge in [0.15, 0.2) is 6.10 Å². The smallest absolute Gasteiger partial charge is 0.261 e. The highest BCUT2D eigenvalue weighted by Gasteiger charge is 2.19. The lowest BCUT2D eigenvalue weighted by atomic mass is 9.89. The van der Waals surface area contributed by atoms with Crippen molar-refractivity contribution in [3.63, 3.8) is 0 Å². The quantitative estimate of drug-likeness (QED) is 0.846. The molecule has 0 unspecified atom stereocenters. The van der Waals surface area contributed by atoms with E-state index in [0.29, 0.717) is 5.75 Å². The van der Waals surface area contributed by atoms with Crippen LogP contribution in [-0.2, 0) is 17.6 Å². The van der Waals surface area contributed by atoms with Gasteiger partial charge in [-0.1, -0.05) is 18.2 Å². The van der Waals surface area contributed by atoms with Gasteiger partial charge in [0.05, 0.1) is 13.2 Å². The van der Waals surface area contributed by atoms with Gasteiger partial charge < -0.3 is 14.8 Å². The van der Waals surface area contributed by atoms with Crippen molar-refractivity contribution in [2.75, 3.05) is 7.11 Å². The van der Waals surface area contributed by atoms with Crippen LogP contribution in [0.1, 0.15) is 49.4 Å². The van der Waals surface area contributed by atoms with Crippen molar-refractivity contribution < 1.29 is 14.3 Å². The highest BCUT2D eigenvalue weighted by Crippen LogP contribution is 2.25. The number of methoxy groups -OCH3 is 1. The van der Waals surface area contributed by atoms with Crippen molar-refractivity contribution in [3.8, 4) is 11.5 Å². The number of nitrogens with one attached hydrogen (secondary N) is 1. The Kier molecular flexibility index (Phi) is 5.82. The molecule has 0 fully saturated rings. The molecule has 0 saturated heterocycles. The van der Waals surface area contributed by atoms with Crippen molar-refractivity contribution >= 4 is 5.91 Å². The first-order chi connectivity index (χ1) is 12.6. The number of aryl methyl sites for hydroxylation is 2. The zero-order valence-corrected chi connectivity index (χ0v) is 15.7. The Labute approximate surface area is 155 Å². The summed E-state index contributed by atoms with van der Waals surface area (Å²) in [4.78, 5) is 12.5. The SMILES string of the molecule is COc1ccc(O[C@H](C)C(=O)N[C@H](C)c2ccc3c(c2)CCCC3)cc1. The van der Waals surface area contributed by atoms with E-state index in [9.17, 15) is 4.79 Å². The molecule has 0 spiro atoms. The number of ether oxygens (including phenoxy) is 2. The molecule has 1 amide bonds. The molecule has 0 aromatic heterocycles. The molecule has 1 aliphatic carbocycles.